The largest absolute Gasteiger partial charge is 0.376 e. The van der Waals surface area contributed by atoms with Crippen molar-refractivity contribution in [2.24, 2.45) is 12.5 Å². The number of benzene rings is 1. The summed E-state index contributed by atoms with van der Waals surface area (Å²) in [5.74, 6) is 1.07. The van der Waals surface area contributed by atoms with Gasteiger partial charge in [0.15, 0.2) is 0 Å². The molecule has 0 unspecified atom stereocenters. The van der Waals surface area contributed by atoms with Crippen LogP contribution >= 0.6 is 12.0 Å². The van der Waals surface area contributed by atoms with Gasteiger partial charge in [0.1, 0.15) is 11.5 Å². The molecular weight excluding hydrogens is 432 g/mol. The molecule has 3 aromatic heterocycles. The summed E-state index contributed by atoms with van der Waals surface area (Å²) >= 11 is 1.42. The molecule has 0 bridgehead atoms. The smallest absolute Gasteiger partial charge is 0.143 e. The molecule has 0 amide bonds. The highest BCUT2D eigenvalue weighted by Crippen LogP contribution is 2.50. The van der Waals surface area contributed by atoms with E-state index < -0.39 is 0 Å². The Bertz CT molecular complexity index is 1290. The van der Waals surface area contributed by atoms with Crippen LogP contribution in [0.1, 0.15) is 18.4 Å². The number of rotatable bonds is 7. The Labute approximate surface area is 198 Å². The molecule has 0 atom stereocenters. The average molecular weight is 461 g/mol. The van der Waals surface area contributed by atoms with Gasteiger partial charge in [-0.3, -0.25) is 4.98 Å². The van der Waals surface area contributed by atoms with Crippen LogP contribution in [0.2, 0.25) is 0 Å². The van der Waals surface area contributed by atoms with E-state index >= 15 is 0 Å². The van der Waals surface area contributed by atoms with Crippen molar-refractivity contribution < 1.29 is 8.92 Å². The number of ether oxygens (including phenoxy) is 1. The van der Waals surface area contributed by atoms with E-state index in [1.807, 2.05) is 12.4 Å². The van der Waals surface area contributed by atoms with E-state index in [4.69, 9.17) is 13.9 Å². The molecule has 170 valence electrons. The topological polar surface area (TPSA) is 52.4 Å². The van der Waals surface area contributed by atoms with E-state index in [-0.39, 0.29) is 0 Å². The van der Waals surface area contributed by atoms with Crippen LogP contribution in [0.3, 0.4) is 0 Å². The van der Waals surface area contributed by atoms with Crippen LogP contribution < -0.4 is 4.90 Å². The van der Waals surface area contributed by atoms with Gasteiger partial charge in [-0.1, -0.05) is 17.7 Å². The van der Waals surface area contributed by atoms with Gasteiger partial charge in [0.05, 0.1) is 24.8 Å². The van der Waals surface area contributed by atoms with Gasteiger partial charge in [-0.25, -0.2) is 4.98 Å². The van der Waals surface area contributed by atoms with Gasteiger partial charge in [-0.2, -0.15) is 0 Å². The molecule has 33 heavy (non-hydrogen) atoms. The molecule has 4 heterocycles. The lowest BCUT2D eigenvalue weighted by molar-refractivity contribution is -0.0969. The Hall–Kier alpha value is -2.61. The first-order chi connectivity index (χ1) is 16.1. The second-order valence-corrected chi connectivity index (χ2v) is 10.3. The van der Waals surface area contributed by atoms with E-state index in [1.165, 1.54) is 28.5 Å². The minimum atomic E-state index is 0.362. The van der Waals surface area contributed by atoms with E-state index in [2.05, 4.69) is 70.9 Å². The second-order valence-electron chi connectivity index (χ2n) is 9.47. The Kier molecular flexibility index (Phi) is 5.28. The average Bonchev–Trinajstić information content (AvgIpc) is 3.06. The number of fused-ring (bicyclic) bond motifs is 3. The molecule has 1 aromatic carbocycles. The van der Waals surface area contributed by atoms with Gasteiger partial charge in [-0.05, 0) is 50.1 Å². The van der Waals surface area contributed by atoms with E-state index in [1.54, 1.807) is 0 Å². The zero-order chi connectivity index (χ0) is 22.4. The SMILES string of the molecule is Cc1ccc(SOCCOC2CC3(C2)CN(c2ccc4c5cnccc5n(C)c4n2)C3)cc1. The first kappa shape index (κ1) is 21.0. The Morgan fingerprint density at radius 2 is 1.85 bits per heavy atom. The first-order valence-corrected chi connectivity index (χ1v) is 12.3. The predicted octanol–water partition coefficient (Wildman–Crippen LogP) is 5.14. The van der Waals surface area contributed by atoms with Gasteiger partial charge in [0.2, 0.25) is 0 Å². The maximum Gasteiger partial charge on any atom is 0.143 e. The maximum absolute atomic E-state index is 6.03. The molecule has 1 spiro atoms. The van der Waals surface area contributed by atoms with Crippen molar-refractivity contribution in [3.63, 3.8) is 0 Å². The number of aryl methyl sites for hydroxylation is 2. The quantitative estimate of drug-likeness (QED) is 0.281. The summed E-state index contributed by atoms with van der Waals surface area (Å²) in [6, 6.07) is 14.8. The molecule has 2 fully saturated rings. The Morgan fingerprint density at radius 1 is 1.03 bits per heavy atom. The Morgan fingerprint density at radius 3 is 2.67 bits per heavy atom. The van der Waals surface area contributed by atoms with Crippen molar-refractivity contribution in [2.75, 3.05) is 31.2 Å². The van der Waals surface area contributed by atoms with Crippen LogP contribution in [0.25, 0.3) is 21.9 Å². The molecule has 1 aliphatic carbocycles. The van der Waals surface area contributed by atoms with Crippen molar-refractivity contribution in [1.82, 2.24) is 14.5 Å². The number of nitrogens with zero attached hydrogens (tertiary/aromatic N) is 4. The first-order valence-electron chi connectivity index (χ1n) is 11.5. The standard InChI is InChI=1S/C26H28N4O2S/c1-18-3-5-20(6-4-18)33-32-12-11-31-19-13-26(14-19)16-30(17-26)24-8-7-21-22-15-27-10-9-23(22)29(2)25(21)28-24/h3-10,15,19H,11-14,16-17H2,1-2H3. The highest BCUT2D eigenvalue weighted by Gasteiger charge is 2.53. The van der Waals surface area contributed by atoms with Crippen molar-refractivity contribution in [3.05, 3.63) is 60.4 Å². The molecule has 4 aromatic rings. The number of hydrogen-bond donors (Lipinski definition) is 0. The minimum absolute atomic E-state index is 0.362. The fraction of sp³-hybridized carbons (Fsp3) is 0.385. The third kappa shape index (κ3) is 3.88. The van der Waals surface area contributed by atoms with Crippen LogP contribution in [0.4, 0.5) is 5.82 Å². The van der Waals surface area contributed by atoms with Crippen molar-refractivity contribution in [1.29, 1.82) is 0 Å². The summed E-state index contributed by atoms with van der Waals surface area (Å²) in [7, 11) is 2.08. The summed E-state index contributed by atoms with van der Waals surface area (Å²) in [6.45, 7) is 5.48. The summed E-state index contributed by atoms with van der Waals surface area (Å²) in [6.07, 6.45) is 6.40. The summed E-state index contributed by atoms with van der Waals surface area (Å²) in [4.78, 5) is 12.8. The predicted molar refractivity (Wildman–Crippen MR) is 133 cm³/mol. The molecule has 6 rings (SSSR count). The van der Waals surface area contributed by atoms with Crippen LogP contribution in [-0.4, -0.2) is 46.9 Å². The highest BCUT2D eigenvalue weighted by molar-refractivity contribution is 7.94. The normalized spacial score (nSPS) is 17.6. The highest BCUT2D eigenvalue weighted by atomic mass is 32.2. The molecule has 1 saturated heterocycles. The molecule has 7 heteroatoms. The zero-order valence-electron chi connectivity index (χ0n) is 19.0. The van der Waals surface area contributed by atoms with Crippen LogP contribution in [0.5, 0.6) is 0 Å². The molecule has 0 radical (unpaired) electrons. The molecule has 6 nitrogen and oxygen atoms in total. The van der Waals surface area contributed by atoms with Crippen molar-refractivity contribution in [2.45, 2.75) is 30.8 Å². The van der Waals surface area contributed by atoms with Crippen LogP contribution in [0.15, 0.2) is 59.8 Å². The molecule has 0 N–H and O–H groups in total. The fourth-order valence-electron chi connectivity index (χ4n) is 5.24. The molecule has 2 aliphatic rings. The summed E-state index contributed by atoms with van der Waals surface area (Å²) in [5.41, 5.74) is 3.86. The lowest BCUT2D eigenvalue weighted by atomic mass is 9.62. The molecule has 1 saturated carbocycles. The van der Waals surface area contributed by atoms with Gasteiger partial charge in [0.25, 0.3) is 0 Å². The van der Waals surface area contributed by atoms with E-state index in [0.717, 1.165) is 47.7 Å². The van der Waals surface area contributed by atoms with Gasteiger partial charge in [0, 0.05) is 65.7 Å². The van der Waals surface area contributed by atoms with E-state index in [0.29, 0.717) is 24.7 Å². The minimum Gasteiger partial charge on any atom is -0.376 e. The van der Waals surface area contributed by atoms with Gasteiger partial charge < -0.3 is 18.4 Å². The number of hydrogen-bond acceptors (Lipinski definition) is 6. The van der Waals surface area contributed by atoms with E-state index in [9.17, 15) is 0 Å². The molecular formula is C26H28N4O2S. The number of aromatic nitrogens is 3. The summed E-state index contributed by atoms with van der Waals surface area (Å²) < 4.78 is 13.9. The monoisotopic (exact) mass is 460 g/mol. The van der Waals surface area contributed by atoms with Crippen LogP contribution in [-0.2, 0) is 16.0 Å². The Balaban J connectivity index is 0.974. The van der Waals surface area contributed by atoms with Crippen LogP contribution in [0, 0.1) is 12.3 Å². The fourth-order valence-corrected chi connectivity index (χ4v) is 5.78. The lowest BCUT2D eigenvalue weighted by Crippen LogP contribution is -2.64. The number of anilines is 1. The summed E-state index contributed by atoms with van der Waals surface area (Å²) in [5, 5.41) is 2.33. The zero-order valence-corrected chi connectivity index (χ0v) is 19.8. The number of pyridine rings is 2. The third-order valence-electron chi connectivity index (χ3n) is 7.02. The maximum atomic E-state index is 6.03. The van der Waals surface area contributed by atoms with Crippen molar-refractivity contribution >= 4 is 39.8 Å². The molecule has 1 aliphatic heterocycles. The second kappa shape index (κ2) is 8.31. The lowest BCUT2D eigenvalue weighted by Gasteiger charge is -2.59. The third-order valence-corrected chi connectivity index (χ3v) is 7.77. The van der Waals surface area contributed by atoms with Gasteiger partial charge >= 0.3 is 0 Å². The van der Waals surface area contributed by atoms with Gasteiger partial charge in [-0.15, -0.1) is 0 Å². The van der Waals surface area contributed by atoms with Crippen molar-refractivity contribution in [3.8, 4) is 0 Å².